The molecule has 0 heterocycles. The van der Waals surface area contributed by atoms with Crippen LogP contribution in [-0.4, -0.2) is 0 Å². The van der Waals surface area contributed by atoms with E-state index in [1.165, 1.54) is 12.1 Å². The topological polar surface area (TPSA) is 0 Å². The molecule has 0 spiro atoms. The van der Waals surface area contributed by atoms with Crippen LogP contribution in [0.25, 0.3) is 11.1 Å². The van der Waals surface area contributed by atoms with Gasteiger partial charge >= 0.3 is 0 Å². The summed E-state index contributed by atoms with van der Waals surface area (Å²) in [7, 11) is 0. The molecule has 0 bridgehead atoms. The van der Waals surface area contributed by atoms with Gasteiger partial charge in [-0.2, -0.15) is 0 Å². The summed E-state index contributed by atoms with van der Waals surface area (Å²) >= 11 is 5.70. The summed E-state index contributed by atoms with van der Waals surface area (Å²) in [6, 6.07) is 10.7. The first-order valence-corrected chi connectivity index (χ1v) is 4.76. The van der Waals surface area contributed by atoms with Gasteiger partial charge in [-0.1, -0.05) is 35.9 Å². The highest BCUT2D eigenvalue weighted by Crippen LogP contribution is 2.25. The largest absolute Gasteiger partial charge is 0.204 e. The number of halogens is 3. The van der Waals surface area contributed by atoms with Crippen LogP contribution in [0.1, 0.15) is 0 Å². The molecule has 0 aromatic heterocycles. The van der Waals surface area contributed by atoms with E-state index in [1.54, 1.807) is 24.3 Å². The first kappa shape index (κ1) is 10.1. The standard InChI is InChI=1S/C12H7ClF2/c13-9-6-4-8(5-7-9)10-2-1-3-11(14)12(10)15/h1-7H. The summed E-state index contributed by atoms with van der Waals surface area (Å²) in [4.78, 5) is 0. The molecular weight excluding hydrogens is 218 g/mol. The summed E-state index contributed by atoms with van der Waals surface area (Å²) < 4.78 is 26.3. The van der Waals surface area contributed by atoms with Crippen molar-refractivity contribution in [3.63, 3.8) is 0 Å². The van der Waals surface area contributed by atoms with Crippen LogP contribution in [0.5, 0.6) is 0 Å². The van der Waals surface area contributed by atoms with Crippen LogP contribution < -0.4 is 0 Å². The van der Waals surface area contributed by atoms with Crippen LogP contribution in [0.2, 0.25) is 5.02 Å². The van der Waals surface area contributed by atoms with E-state index >= 15 is 0 Å². The van der Waals surface area contributed by atoms with Gasteiger partial charge in [0.2, 0.25) is 0 Å². The van der Waals surface area contributed by atoms with Crippen molar-refractivity contribution in [3.8, 4) is 11.1 Å². The van der Waals surface area contributed by atoms with Crippen LogP contribution in [0.3, 0.4) is 0 Å². The fraction of sp³-hybridized carbons (Fsp3) is 0. The van der Waals surface area contributed by atoms with Crippen molar-refractivity contribution in [3.05, 3.63) is 59.1 Å². The van der Waals surface area contributed by atoms with E-state index in [1.807, 2.05) is 0 Å². The Hall–Kier alpha value is -1.41. The molecule has 15 heavy (non-hydrogen) atoms. The van der Waals surface area contributed by atoms with Crippen molar-refractivity contribution in [1.82, 2.24) is 0 Å². The van der Waals surface area contributed by atoms with Crippen molar-refractivity contribution in [2.45, 2.75) is 0 Å². The molecule has 2 aromatic rings. The number of hydrogen-bond acceptors (Lipinski definition) is 0. The molecule has 0 N–H and O–H groups in total. The van der Waals surface area contributed by atoms with Crippen LogP contribution in [0, 0.1) is 11.6 Å². The maximum absolute atomic E-state index is 13.4. The van der Waals surface area contributed by atoms with Gasteiger partial charge in [0.15, 0.2) is 11.6 Å². The van der Waals surface area contributed by atoms with E-state index in [-0.39, 0.29) is 5.56 Å². The van der Waals surface area contributed by atoms with E-state index in [9.17, 15) is 8.78 Å². The van der Waals surface area contributed by atoms with E-state index in [0.29, 0.717) is 10.6 Å². The molecule has 2 rings (SSSR count). The second-order valence-electron chi connectivity index (χ2n) is 3.11. The fourth-order valence-corrected chi connectivity index (χ4v) is 1.48. The Kier molecular flexibility index (Phi) is 2.69. The Morgan fingerprint density at radius 3 is 2.20 bits per heavy atom. The number of hydrogen-bond donors (Lipinski definition) is 0. The minimum absolute atomic E-state index is 0.242. The van der Waals surface area contributed by atoms with Crippen LogP contribution in [0.4, 0.5) is 8.78 Å². The lowest BCUT2D eigenvalue weighted by Crippen LogP contribution is -1.88. The minimum atomic E-state index is -0.845. The molecule has 0 radical (unpaired) electrons. The SMILES string of the molecule is Fc1cccc(-c2ccc(Cl)cc2)c1F. The average molecular weight is 225 g/mol. The fourth-order valence-electron chi connectivity index (χ4n) is 1.36. The van der Waals surface area contributed by atoms with Gasteiger partial charge in [0.1, 0.15) is 0 Å². The highest BCUT2D eigenvalue weighted by molar-refractivity contribution is 6.30. The summed E-state index contributed by atoms with van der Waals surface area (Å²) in [5.74, 6) is -1.68. The smallest absolute Gasteiger partial charge is 0.166 e. The molecule has 0 saturated carbocycles. The van der Waals surface area contributed by atoms with Gasteiger partial charge < -0.3 is 0 Å². The van der Waals surface area contributed by atoms with Gasteiger partial charge in [-0.05, 0) is 23.8 Å². The molecule has 3 heteroatoms. The van der Waals surface area contributed by atoms with Crippen LogP contribution in [-0.2, 0) is 0 Å². The summed E-state index contributed by atoms with van der Waals surface area (Å²) in [5, 5.41) is 0.565. The van der Waals surface area contributed by atoms with Gasteiger partial charge in [-0.15, -0.1) is 0 Å². The molecule has 0 nitrogen and oxygen atoms in total. The van der Waals surface area contributed by atoms with Gasteiger partial charge in [0.25, 0.3) is 0 Å². The van der Waals surface area contributed by atoms with Crippen molar-refractivity contribution < 1.29 is 8.78 Å². The van der Waals surface area contributed by atoms with E-state index in [4.69, 9.17) is 11.6 Å². The van der Waals surface area contributed by atoms with E-state index in [0.717, 1.165) is 6.07 Å². The van der Waals surface area contributed by atoms with Crippen LogP contribution in [0.15, 0.2) is 42.5 Å². The molecule has 0 aliphatic rings. The average Bonchev–Trinajstić information content (AvgIpc) is 2.24. The van der Waals surface area contributed by atoms with Gasteiger partial charge in [0, 0.05) is 10.6 Å². The quantitative estimate of drug-likeness (QED) is 0.678. The van der Waals surface area contributed by atoms with Crippen molar-refractivity contribution >= 4 is 11.6 Å². The van der Waals surface area contributed by atoms with Gasteiger partial charge in [-0.25, -0.2) is 8.78 Å². The lowest BCUT2D eigenvalue weighted by Gasteiger charge is -2.03. The maximum atomic E-state index is 13.4. The molecule has 0 aliphatic carbocycles. The molecule has 0 fully saturated rings. The second kappa shape index (κ2) is 3.99. The normalized spacial score (nSPS) is 10.3. The second-order valence-corrected chi connectivity index (χ2v) is 3.54. The first-order valence-electron chi connectivity index (χ1n) is 4.38. The minimum Gasteiger partial charge on any atom is -0.204 e. The third-order valence-corrected chi connectivity index (χ3v) is 2.36. The lowest BCUT2D eigenvalue weighted by atomic mass is 10.1. The highest BCUT2D eigenvalue weighted by Gasteiger charge is 2.08. The van der Waals surface area contributed by atoms with Crippen LogP contribution >= 0.6 is 11.6 Å². The molecule has 0 amide bonds. The van der Waals surface area contributed by atoms with Gasteiger partial charge in [0.05, 0.1) is 0 Å². The Balaban J connectivity index is 2.54. The summed E-state index contributed by atoms with van der Waals surface area (Å²) in [5.41, 5.74) is 0.850. The molecule has 76 valence electrons. The molecule has 0 unspecified atom stereocenters. The Morgan fingerprint density at radius 1 is 0.867 bits per heavy atom. The first-order chi connectivity index (χ1) is 7.18. The third kappa shape index (κ3) is 2.00. The molecule has 0 saturated heterocycles. The summed E-state index contributed by atoms with van der Waals surface area (Å²) in [6.45, 7) is 0. The molecular formula is C12H7ClF2. The predicted octanol–water partition coefficient (Wildman–Crippen LogP) is 4.29. The molecule has 0 atom stereocenters. The zero-order valence-corrected chi connectivity index (χ0v) is 8.43. The van der Waals surface area contributed by atoms with Crippen molar-refractivity contribution in [2.24, 2.45) is 0 Å². The van der Waals surface area contributed by atoms with E-state index < -0.39 is 11.6 Å². The number of rotatable bonds is 1. The monoisotopic (exact) mass is 224 g/mol. The third-order valence-electron chi connectivity index (χ3n) is 2.11. The lowest BCUT2D eigenvalue weighted by molar-refractivity contribution is 0.511. The Labute approximate surface area is 91.1 Å². The van der Waals surface area contributed by atoms with Crippen molar-refractivity contribution in [1.29, 1.82) is 0 Å². The number of benzene rings is 2. The predicted molar refractivity (Wildman–Crippen MR) is 56.8 cm³/mol. The Morgan fingerprint density at radius 2 is 1.53 bits per heavy atom. The van der Waals surface area contributed by atoms with Gasteiger partial charge in [-0.3, -0.25) is 0 Å². The van der Waals surface area contributed by atoms with E-state index in [2.05, 4.69) is 0 Å². The van der Waals surface area contributed by atoms with Crippen molar-refractivity contribution in [2.75, 3.05) is 0 Å². The maximum Gasteiger partial charge on any atom is 0.166 e. The molecule has 2 aromatic carbocycles. The summed E-state index contributed by atoms with van der Waals surface area (Å²) in [6.07, 6.45) is 0. The molecule has 0 aliphatic heterocycles. The zero-order chi connectivity index (χ0) is 10.8. The highest BCUT2D eigenvalue weighted by atomic mass is 35.5. The Bertz CT molecular complexity index is 477. The zero-order valence-electron chi connectivity index (χ0n) is 7.68.